The van der Waals surface area contributed by atoms with Gasteiger partial charge in [0.1, 0.15) is 11.2 Å². The standard InChI is InChI=1S/C21H24FN5O3/c1-30-18-16-13(19(28)25-20(29)27(16)12-3-4-12)9-14(22)17(18)26-8-5-21(11-26)10-15(21)24-7-2-6-23/h9,12,15,24H,2-5,7-8,10-11H2,1H3,(H,25,28,29). The molecule has 1 saturated heterocycles. The van der Waals surface area contributed by atoms with Crippen molar-refractivity contribution in [3.8, 4) is 11.8 Å². The van der Waals surface area contributed by atoms with Gasteiger partial charge in [0, 0.05) is 43.6 Å². The fourth-order valence-electron chi connectivity index (χ4n) is 4.99. The fourth-order valence-corrected chi connectivity index (χ4v) is 4.99. The molecule has 9 heteroatoms. The molecule has 2 heterocycles. The Labute approximate surface area is 172 Å². The molecule has 2 atom stereocenters. The summed E-state index contributed by atoms with van der Waals surface area (Å²) in [7, 11) is 1.45. The number of fused-ring (bicyclic) bond motifs is 1. The zero-order valence-electron chi connectivity index (χ0n) is 16.8. The van der Waals surface area contributed by atoms with Gasteiger partial charge in [0.2, 0.25) is 0 Å². The van der Waals surface area contributed by atoms with Crippen LogP contribution >= 0.6 is 0 Å². The molecular weight excluding hydrogens is 389 g/mol. The van der Waals surface area contributed by atoms with Crippen molar-refractivity contribution in [1.29, 1.82) is 5.26 Å². The van der Waals surface area contributed by atoms with Crippen LogP contribution in [0, 0.1) is 22.6 Å². The smallest absolute Gasteiger partial charge is 0.329 e. The van der Waals surface area contributed by atoms with Crippen molar-refractivity contribution >= 4 is 16.6 Å². The number of nitrogens with one attached hydrogen (secondary N) is 2. The predicted molar refractivity (Wildman–Crippen MR) is 110 cm³/mol. The van der Waals surface area contributed by atoms with Crippen LogP contribution in [0.4, 0.5) is 10.1 Å². The van der Waals surface area contributed by atoms with Gasteiger partial charge in [0.25, 0.3) is 5.56 Å². The van der Waals surface area contributed by atoms with Crippen LogP contribution in [0.1, 0.15) is 38.1 Å². The van der Waals surface area contributed by atoms with Gasteiger partial charge in [-0.25, -0.2) is 9.18 Å². The molecule has 1 spiro atoms. The predicted octanol–water partition coefficient (Wildman–Crippen LogP) is 1.64. The van der Waals surface area contributed by atoms with E-state index in [4.69, 9.17) is 10.00 Å². The number of ether oxygens (including phenoxy) is 1. The minimum Gasteiger partial charge on any atom is -0.492 e. The van der Waals surface area contributed by atoms with Crippen molar-refractivity contribution in [2.75, 3.05) is 31.6 Å². The van der Waals surface area contributed by atoms with E-state index in [2.05, 4.69) is 16.4 Å². The number of nitriles is 1. The fraction of sp³-hybridized carbons (Fsp3) is 0.571. The van der Waals surface area contributed by atoms with Gasteiger partial charge in [-0.2, -0.15) is 5.26 Å². The number of hydrogen-bond acceptors (Lipinski definition) is 6. The van der Waals surface area contributed by atoms with E-state index in [0.717, 1.165) is 25.7 Å². The van der Waals surface area contributed by atoms with E-state index < -0.39 is 17.1 Å². The van der Waals surface area contributed by atoms with E-state index in [1.165, 1.54) is 13.2 Å². The first-order chi connectivity index (χ1) is 14.5. The summed E-state index contributed by atoms with van der Waals surface area (Å²) in [6.45, 7) is 2.01. The van der Waals surface area contributed by atoms with E-state index in [1.807, 2.05) is 4.90 Å². The Balaban J connectivity index is 1.55. The average Bonchev–Trinajstić information content (AvgIpc) is 3.61. The van der Waals surface area contributed by atoms with Gasteiger partial charge >= 0.3 is 5.69 Å². The monoisotopic (exact) mass is 413 g/mol. The van der Waals surface area contributed by atoms with Crippen LogP contribution in [0.25, 0.3) is 10.9 Å². The minimum absolute atomic E-state index is 0.00567. The van der Waals surface area contributed by atoms with Gasteiger partial charge < -0.3 is 15.0 Å². The third-order valence-electron chi connectivity index (χ3n) is 6.74. The Kier molecular flexibility index (Phi) is 4.36. The molecule has 1 aromatic carbocycles. The number of halogens is 1. The first kappa shape index (κ1) is 19.1. The molecule has 3 aliphatic rings. The van der Waals surface area contributed by atoms with Crippen LogP contribution in [0.3, 0.4) is 0 Å². The van der Waals surface area contributed by atoms with Crippen LogP contribution in [-0.2, 0) is 0 Å². The molecule has 2 aromatic rings. The van der Waals surface area contributed by atoms with Gasteiger partial charge in [-0.15, -0.1) is 0 Å². The number of aromatic amines is 1. The molecule has 2 saturated carbocycles. The molecule has 2 unspecified atom stereocenters. The highest BCUT2D eigenvalue weighted by atomic mass is 19.1. The lowest BCUT2D eigenvalue weighted by Crippen LogP contribution is -2.31. The summed E-state index contributed by atoms with van der Waals surface area (Å²) in [6, 6.07) is 3.70. The summed E-state index contributed by atoms with van der Waals surface area (Å²) in [6.07, 6.45) is 4.08. The summed E-state index contributed by atoms with van der Waals surface area (Å²) < 4.78 is 22.4. The highest BCUT2D eigenvalue weighted by molar-refractivity contribution is 5.91. The summed E-state index contributed by atoms with van der Waals surface area (Å²) >= 11 is 0. The largest absolute Gasteiger partial charge is 0.492 e. The Morgan fingerprint density at radius 3 is 2.93 bits per heavy atom. The highest BCUT2D eigenvalue weighted by Crippen LogP contribution is 2.55. The van der Waals surface area contributed by atoms with E-state index in [1.54, 1.807) is 4.57 Å². The maximum Gasteiger partial charge on any atom is 0.329 e. The summed E-state index contributed by atoms with van der Waals surface area (Å²) in [5.41, 5.74) is -0.300. The SMILES string of the molecule is COc1c(N2CCC3(CC3NCCC#N)C2)c(F)cc2c(=O)[nH]c(=O)n(C3CC3)c12. The van der Waals surface area contributed by atoms with Gasteiger partial charge in [0.15, 0.2) is 11.6 Å². The number of benzene rings is 1. The second-order valence-corrected chi connectivity index (χ2v) is 8.65. The first-order valence-corrected chi connectivity index (χ1v) is 10.4. The van der Waals surface area contributed by atoms with Crippen LogP contribution in [0.5, 0.6) is 5.75 Å². The van der Waals surface area contributed by atoms with Crippen molar-refractivity contribution < 1.29 is 9.13 Å². The number of methoxy groups -OCH3 is 1. The number of H-pyrrole nitrogens is 1. The second kappa shape index (κ2) is 6.84. The average molecular weight is 413 g/mol. The topological polar surface area (TPSA) is 103 Å². The third-order valence-corrected chi connectivity index (χ3v) is 6.74. The lowest BCUT2D eigenvalue weighted by molar-refractivity contribution is 0.412. The van der Waals surface area contributed by atoms with Gasteiger partial charge in [-0.3, -0.25) is 14.3 Å². The maximum absolute atomic E-state index is 15.3. The number of anilines is 1. The Morgan fingerprint density at radius 2 is 2.23 bits per heavy atom. The molecule has 3 fully saturated rings. The van der Waals surface area contributed by atoms with E-state index in [-0.39, 0.29) is 22.6 Å². The molecule has 5 rings (SSSR count). The Hall–Kier alpha value is -2.86. The molecule has 0 bridgehead atoms. The summed E-state index contributed by atoms with van der Waals surface area (Å²) in [4.78, 5) is 29.2. The zero-order chi connectivity index (χ0) is 21.0. The normalized spacial score (nSPS) is 25.1. The molecule has 30 heavy (non-hydrogen) atoms. The lowest BCUT2D eigenvalue weighted by Gasteiger charge is -2.24. The molecule has 8 nitrogen and oxygen atoms in total. The van der Waals surface area contributed by atoms with E-state index in [9.17, 15) is 9.59 Å². The van der Waals surface area contributed by atoms with Crippen LogP contribution < -0.4 is 26.2 Å². The molecule has 158 valence electrons. The number of nitrogens with zero attached hydrogens (tertiary/aromatic N) is 3. The van der Waals surface area contributed by atoms with Crippen LogP contribution in [0.2, 0.25) is 0 Å². The van der Waals surface area contributed by atoms with E-state index >= 15 is 4.39 Å². The number of aromatic nitrogens is 2. The molecule has 0 radical (unpaired) electrons. The number of hydrogen-bond donors (Lipinski definition) is 2. The Morgan fingerprint density at radius 1 is 1.43 bits per heavy atom. The molecule has 2 aliphatic carbocycles. The van der Waals surface area contributed by atoms with Crippen molar-refractivity contribution in [2.45, 2.75) is 44.2 Å². The molecule has 0 amide bonds. The lowest BCUT2D eigenvalue weighted by atomic mass is 10.1. The number of rotatable bonds is 6. The van der Waals surface area contributed by atoms with Crippen molar-refractivity contribution in [3.05, 3.63) is 32.7 Å². The molecule has 1 aliphatic heterocycles. The maximum atomic E-state index is 15.3. The minimum atomic E-state index is -0.600. The van der Waals surface area contributed by atoms with Crippen molar-refractivity contribution in [3.63, 3.8) is 0 Å². The molecule has 1 aromatic heterocycles. The summed E-state index contributed by atoms with van der Waals surface area (Å²) in [5.74, 6) is -0.260. The second-order valence-electron chi connectivity index (χ2n) is 8.65. The van der Waals surface area contributed by atoms with Crippen molar-refractivity contribution in [2.24, 2.45) is 5.41 Å². The van der Waals surface area contributed by atoms with Gasteiger partial charge in [-0.1, -0.05) is 0 Å². The summed E-state index contributed by atoms with van der Waals surface area (Å²) in [5, 5.41) is 12.3. The van der Waals surface area contributed by atoms with Crippen LogP contribution in [0.15, 0.2) is 15.7 Å². The van der Waals surface area contributed by atoms with Gasteiger partial charge in [-0.05, 0) is 31.7 Å². The highest BCUT2D eigenvalue weighted by Gasteiger charge is 2.57. The van der Waals surface area contributed by atoms with Crippen LogP contribution in [-0.4, -0.2) is 42.3 Å². The molecular formula is C21H24FN5O3. The van der Waals surface area contributed by atoms with E-state index in [0.29, 0.717) is 43.3 Å². The Bertz CT molecular complexity index is 1180. The quantitative estimate of drug-likeness (QED) is 0.698. The first-order valence-electron chi connectivity index (χ1n) is 10.4. The van der Waals surface area contributed by atoms with Gasteiger partial charge in [0.05, 0.1) is 18.6 Å². The zero-order valence-corrected chi connectivity index (χ0v) is 16.8. The molecule has 2 N–H and O–H groups in total. The third kappa shape index (κ3) is 2.89. The van der Waals surface area contributed by atoms with Crippen molar-refractivity contribution in [1.82, 2.24) is 14.9 Å².